The van der Waals surface area contributed by atoms with Gasteiger partial charge in [0.2, 0.25) is 0 Å². The standard InChI is InChI=1S/C34H41NO4/c1-25(2)38-33(37)23-31(30-20-17-27(18-21-30)19-22-32(36)39-34(4,5)6)35(24-28-13-9-7-10-14-28)26(3)29-15-11-8-12-16-29/h7-22,25-26,31H,23-24H2,1-6H3/b22-19+/t26-,31-/m1/s1. The second kappa shape index (κ2) is 13.9. The molecule has 0 aromatic heterocycles. The predicted octanol–water partition coefficient (Wildman–Crippen LogP) is 7.69. The van der Waals surface area contributed by atoms with E-state index in [1.54, 1.807) is 6.08 Å². The molecule has 5 heteroatoms. The zero-order valence-electron chi connectivity index (χ0n) is 24.0. The van der Waals surface area contributed by atoms with E-state index in [2.05, 4.69) is 36.1 Å². The zero-order valence-corrected chi connectivity index (χ0v) is 24.0. The van der Waals surface area contributed by atoms with Crippen molar-refractivity contribution in [3.8, 4) is 0 Å². The van der Waals surface area contributed by atoms with Gasteiger partial charge in [0.05, 0.1) is 12.5 Å². The van der Waals surface area contributed by atoms with Crippen LogP contribution in [0.5, 0.6) is 0 Å². The molecule has 0 N–H and O–H groups in total. The van der Waals surface area contributed by atoms with Crippen LogP contribution in [-0.2, 0) is 25.6 Å². The van der Waals surface area contributed by atoms with E-state index in [1.165, 1.54) is 17.2 Å². The Balaban J connectivity index is 1.96. The van der Waals surface area contributed by atoms with Gasteiger partial charge in [0.25, 0.3) is 0 Å². The van der Waals surface area contributed by atoms with E-state index in [-0.39, 0.29) is 36.5 Å². The van der Waals surface area contributed by atoms with Gasteiger partial charge in [-0.3, -0.25) is 9.69 Å². The minimum Gasteiger partial charge on any atom is -0.463 e. The van der Waals surface area contributed by atoms with Gasteiger partial charge in [0.1, 0.15) is 5.60 Å². The summed E-state index contributed by atoms with van der Waals surface area (Å²) in [5, 5.41) is 0. The number of hydrogen-bond acceptors (Lipinski definition) is 5. The molecule has 0 aliphatic carbocycles. The van der Waals surface area contributed by atoms with Crippen molar-refractivity contribution >= 4 is 18.0 Å². The molecule has 5 nitrogen and oxygen atoms in total. The van der Waals surface area contributed by atoms with E-state index in [9.17, 15) is 9.59 Å². The van der Waals surface area contributed by atoms with Crippen molar-refractivity contribution in [2.45, 2.75) is 78.3 Å². The predicted molar refractivity (Wildman–Crippen MR) is 157 cm³/mol. The molecule has 206 valence electrons. The van der Waals surface area contributed by atoms with E-state index in [0.717, 1.165) is 11.1 Å². The smallest absolute Gasteiger partial charge is 0.331 e. The summed E-state index contributed by atoms with van der Waals surface area (Å²) in [6, 6.07) is 28.4. The number of hydrogen-bond donors (Lipinski definition) is 0. The Bertz CT molecular complexity index is 1210. The fraction of sp³-hybridized carbons (Fsp3) is 0.353. The van der Waals surface area contributed by atoms with Crippen LogP contribution in [0.25, 0.3) is 6.08 Å². The average molecular weight is 528 g/mol. The first-order chi connectivity index (χ1) is 18.5. The summed E-state index contributed by atoms with van der Waals surface area (Å²) in [6.45, 7) is 12.1. The molecule has 0 saturated heterocycles. The average Bonchev–Trinajstić information content (AvgIpc) is 2.89. The summed E-state index contributed by atoms with van der Waals surface area (Å²) < 4.78 is 11.0. The number of esters is 2. The molecule has 0 saturated carbocycles. The summed E-state index contributed by atoms with van der Waals surface area (Å²) in [4.78, 5) is 27.5. The van der Waals surface area contributed by atoms with Gasteiger partial charge in [-0.15, -0.1) is 0 Å². The lowest BCUT2D eigenvalue weighted by molar-refractivity contribution is -0.150. The minimum absolute atomic E-state index is 0.0370. The number of carbonyl (C=O) groups excluding carboxylic acids is 2. The fourth-order valence-corrected chi connectivity index (χ4v) is 4.46. The van der Waals surface area contributed by atoms with Gasteiger partial charge in [-0.25, -0.2) is 4.79 Å². The van der Waals surface area contributed by atoms with Gasteiger partial charge >= 0.3 is 11.9 Å². The SMILES string of the molecule is CC(C)OC(=O)C[C@H](c1ccc(/C=C/C(=O)OC(C)(C)C)cc1)N(Cc1ccccc1)[C@H](C)c1ccccc1. The van der Waals surface area contributed by atoms with Gasteiger partial charge in [-0.2, -0.15) is 0 Å². The molecule has 0 aliphatic heterocycles. The molecule has 2 atom stereocenters. The van der Waals surface area contributed by atoms with E-state index in [4.69, 9.17) is 9.47 Å². The highest BCUT2D eigenvalue weighted by molar-refractivity contribution is 5.87. The summed E-state index contributed by atoms with van der Waals surface area (Å²) in [7, 11) is 0. The normalized spacial score (nSPS) is 13.4. The van der Waals surface area contributed by atoms with Crippen LogP contribution in [0.15, 0.2) is 91.0 Å². The molecule has 3 aromatic rings. The van der Waals surface area contributed by atoms with Crippen LogP contribution in [0, 0.1) is 0 Å². The molecule has 0 spiro atoms. The second-order valence-electron chi connectivity index (χ2n) is 11.0. The first-order valence-electron chi connectivity index (χ1n) is 13.6. The zero-order chi connectivity index (χ0) is 28.4. The van der Waals surface area contributed by atoms with Crippen LogP contribution in [0.1, 0.15) is 82.3 Å². The molecule has 39 heavy (non-hydrogen) atoms. The maximum Gasteiger partial charge on any atom is 0.331 e. The van der Waals surface area contributed by atoms with Crippen molar-refractivity contribution in [1.29, 1.82) is 0 Å². The third-order valence-electron chi connectivity index (χ3n) is 6.25. The lowest BCUT2D eigenvalue weighted by Crippen LogP contribution is -2.33. The second-order valence-corrected chi connectivity index (χ2v) is 11.0. The maximum atomic E-state index is 13.0. The highest BCUT2D eigenvalue weighted by atomic mass is 16.6. The third-order valence-corrected chi connectivity index (χ3v) is 6.25. The Morgan fingerprint density at radius 1 is 0.821 bits per heavy atom. The summed E-state index contributed by atoms with van der Waals surface area (Å²) in [6.07, 6.45) is 3.22. The van der Waals surface area contributed by atoms with Crippen molar-refractivity contribution in [3.05, 3.63) is 113 Å². The lowest BCUT2D eigenvalue weighted by Gasteiger charge is -2.37. The summed E-state index contributed by atoms with van der Waals surface area (Å²) in [5.41, 5.74) is 3.68. The van der Waals surface area contributed by atoms with Gasteiger partial charge < -0.3 is 9.47 Å². The van der Waals surface area contributed by atoms with Crippen molar-refractivity contribution < 1.29 is 19.1 Å². The van der Waals surface area contributed by atoms with Crippen molar-refractivity contribution in [2.24, 2.45) is 0 Å². The van der Waals surface area contributed by atoms with Crippen molar-refractivity contribution in [2.75, 3.05) is 0 Å². The van der Waals surface area contributed by atoms with E-state index in [0.29, 0.717) is 6.54 Å². The molecule has 0 bridgehead atoms. The topological polar surface area (TPSA) is 55.8 Å². The van der Waals surface area contributed by atoms with Gasteiger partial charge in [-0.05, 0) is 69.9 Å². The molecule has 0 heterocycles. The molecule has 3 aromatic carbocycles. The Morgan fingerprint density at radius 3 is 1.97 bits per heavy atom. The van der Waals surface area contributed by atoms with E-state index in [1.807, 2.05) is 95.3 Å². The Kier molecular flexibility index (Phi) is 10.6. The highest BCUT2D eigenvalue weighted by Gasteiger charge is 2.29. The molecule has 0 amide bonds. The fourth-order valence-electron chi connectivity index (χ4n) is 4.46. The number of nitrogens with zero attached hydrogens (tertiary/aromatic N) is 1. The Morgan fingerprint density at radius 2 is 1.41 bits per heavy atom. The van der Waals surface area contributed by atoms with Crippen molar-refractivity contribution in [1.82, 2.24) is 4.90 Å². The number of rotatable bonds is 11. The first-order valence-corrected chi connectivity index (χ1v) is 13.6. The molecule has 0 aliphatic rings. The van der Waals surface area contributed by atoms with Crippen LogP contribution < -0.4 is 0 Å². The molecule has 0 fully saturated rings. The van der Waals surface area contributed by atoms with E-state index < -0.39 is 5.60 Å². The van der Waals surface area contributed by atoms with E-state index >= 15 is 0 Å². The number of carbonyl (C=O) groups is 2. The summed E-state index contributed by atoms with van der Waals surface area (Å²) in [5.74, 6) is -0.617. The largest absolute Gasteiger partial charge is 0.463 e. The van der Waals surface area contributed by atoms with Gasteiger partial charge in [0.15, 0.2) is 0 Å². The molecule has 0 radical (unpaired) electrons. The molecular weight excluding hydrogens is 486 g/mol. The highest BCUT2D eigenvalue weighted by Crippen LogP contribution is 2.35. The van der Waals surface area contributed by atoms with Crippen LogP contribution in [0.2, 0.25) is 0 Å². The number of benzene rings is 3. The lowest BCUT2D eigenvalue weighted by atomic mass is 9.95. The maximum absolute atomic E-state index is 13.0. The monoisotopic (exact) mass is 527 g/mol. The van der Waals surface area contributed by atoms with Crippen LogP contribution in [-0.4, -0.2) is 28.5 Å². The third kappa shape index (κ3) is 9.84. The Labute approximate surface area is 233 Å². The van der Waals surface area contributed by atoms with Gasteiger partial charge in [-0.1, -0.05) is 84.9 Å². The van der Waals surface area contributed by atoms with Crippen LogP contribution in [0.4, 0.5) is 0 Å². The summed E-state index contributed by atoms with van der Waals surface area (Å²) >= 11 is 0. The van der Waals surface area contributed by atoms with Crippen molar-refractivity contribution in [3.63, 3.8) is 0 Å². The quantitative estimate of drug-likeness (QED) is 0.189. The Hall–Kier alpha value is -3.70. The molecule has 0 unspecified atom stereocenters. The van der Waals surface area contributed by atoms with Gasteiger partial charge in [0, 0.05) is 24.7 Å². The van der Waals surface area contributed by atoms with Crippen LogP contribution in [0.3, 0.4) is 0 Å². The molecular formula is C34H41NO4. The van der Waals surface area contributed by atoms with Crippen LogP contribution >= 0.6 is 0 Å². The first kappa shape index (κ1) is 29.9. The number of ether oxygens (including phenoxy) is 2. The molecule has 3 rings (SSSR count). The minimum atomic E-state index is -0.541.